The molecule has 1 fully saturated rings. The summed E-state index contributed by atoms with van der Waals surface area (Å²) in [6, 6.07) is 13.4. The number of piperazine rings is 1. The highest BCUT2D eigenvalue weighted by Gasteiger charge is 2.35. The minimum absolute atomic E-state index is 0.134. The summed E-state index contributed by atoms with van der Waals surface area (Å²) < 4.78 is 5.75. The van der Waals surface area contributed by atoms with Gasteiger partial charge in [-0.2, -0.15) is 0 Å². The van der Waals surface area contributed by atoms with E-state index in [0.717, 1.165) is 0 Å². The van der Waals surface area contributed by atoms with Crippen LogP contribution in [0.4, 0.5) is 5.69 Å². The first kappa shape index (κ1) is 19.6. The lowest BCUT2D eigenvalue weighted by molar-refractivity contribution is -0.128. The highest BCUT2D eigenvalue weighted by atomic mass is 16.3. The molecule has 8 heteroatoms. The standard InChI is InChI=1S/C22H22N4O4/c1-2-19(27)24-15-7-5-6-14(12-15)22(29)26-11-10-23-21(28)17(26)13-20-25-16-8-3-4-9-18(16)30-20/h3-9,12,17H,2,10-11,13H2,1H3,(H,23,28)(H,24,27)/t17-/m1/s1. The number of aromatic nitrogens is 1. The van der Waals surface area contributed by atoms with Gasteiger partial charge in [0.2, 0.25) is 11.8 Å². The molecule has 2 aromatic carbocycles. The van der Waals surface area contributed by atoms with Gasteiger partial charge in [-0.1, -0.05) is 25.1 Å². The van der Waals surface area contributed by atoms with E-state index in [1.54, 1.807) is 31.2 Å². The van der Waals surface area contributed by atoms with Crippen LogP contribution in [0.1, 0.15) is 29.6 Å². The van der Waals surface area contributed by atoms with Crippen LogP contribution in [-0.2, 0) is 16.0 Å². The number of fused-ring (bicyclic) bond motifs is 1. The number of carbonyl (C=O) groups is 3. The molecule has 1 aliphatic rings. The molecule has 1 saturated heterocycles. The van der Waals surface area contributed by atoms with Crippen molar-refractivity contribution in [3.05, 3.63) is 60.0 Å². The summed E-state index contributed by atoms with van der Waals surface area (Å²) in [4.78, 5) is 43.4. The summed E-state index contributed by atoms with van der Waals surface area (Å²) in [6.07, 6.45) is 0.523. The molecule has 0 radical (unpaired) electrons. The molecule has 0 spiro atoms. The molecule has 1 aromatic heterocycles. The van der Waals surface area contributed by atoms with Crippen LogP contribution in [0.2, 0.25) is 0 Å². The van der Waals surface area contributed by atoms with Crippen molar-refractivity contribution < 1.29 is 18.8 Å². The van der Waals surface area contributed by atoms with E-state index in [9.17, 15) is 14.4 Å². The van der Waals surface area contributed by atoms with E-state index in [-0.39, 0.29) is 24.1 Å². The summed E-state index contributed by atoms with van der Waals surface area (Å²) in [5.74, 6) is -0.253. The number of carbonyl (C=O) groups excluding carboxylic acids is 3. The van der Waals surface area contributed by atoms with Crippen LogP contribution in [0.3, 0.4) is 0 Å². The second-order valence-corrected chi connectivity index (χ2v) is 7.07. The van der Waals surface area contributed by atoms with E-state index in [4.69, 9.17) is 4.42 Å². The molecule has 0 unspecified atom stereocenters. The van der Waals surface area contributed by atoms with Crippen molar-refractivity contribution in [2.75, 3.05) is 18.4 Å². The van der Waals surface area contributed by atoms with Crippen LogP contribution in [0.25, 0.3) is 11.1 Å². The number of benzene rings is 2. The van der Waals surface area contributed by atoms with Gasteiger partial charge in [0.05, 0.1) is 6.42 Å². The molecule has 30 heavy (non-hydrogen) atoms. The maximum Gasteiger partial charge on any atom is 0.254 e. The van der Waals surface area contributed by atoms with Gasteiger partial charge in [-0.3, -0.25) is 14.4 Å². The number of hydrogen-bond donors (Lipinski definition) is 2. The van der Waals surface area contributed by atoms with Gasteiger partial charge in [0.15, 0.2) is 11.5 Å². The number of rotatable bonds is 5. The Morgan fingerprint density at radius 2 is 2.07 bits per heavy atom. The quantitative estimate of drug-likeness (QED) is 0.677. The topological polar surface area (TPSA) is 105 Å². The van der Waals surface area contributed by atoms with Gasteiger partial charge < -0.3 is 20.0 Å². The summed E-state index contributed by atoms with van der Waals surface area (Å²) in [5, 5.41) is 5.56. The second kappa shape index (κ2) is 8.36. The molecule has 1 atom stereocenters. The summed E-state index contributed by atoms with van der Waals surface area (Å²) in [5.41, 5.74) is 2.30. The van der Waals surface area contributed by atoms with Crippen molar-refractivity contribution in [1.29, 1.82) is 0 Å². The van der Waals surface area contributed by atoms with Crippen molar-refractivity contribution in [3.63, 3.8) is 0 Å². The average molecular weight is 406 g/mol. The third-order valence-corrected chi connectivity index (χ3v) is 5.01. The lowest BCUT2D eigenvalue weighted by Crippen LogP contribution is -2.58. The third-order valence-electron chi connectivity index (χ3n) is 5.01. The van der Waals surface area contributed by atoms with Gasteiger partial charge in [-0.25, -0.2) is 4.98 Å². The van der Waals surface area contributed by atoms with Crippen molar-refractivity contribution >= 4 is 34.5 Å². The first-order valence-corrected chi connectivity index (χ1v) is 9.88. The number of oxazole rings is 1. The average Bonchev–Trinajstić information content (AvgIpc) is 3.17. The Hall–Kier alpha value is -3.68. The van der Waals surface area contributed by atoms with Crippen molar-refractivity contribution in [2.24, 2.45) is 0 Å². The van der Waals surface area contributed by atoms with Gasteiger partial charge in [0.1, 0.15) is 11.6 Å². The van der Waals surface area contributed by atoms with E-state index in [2.05, 4.69) is 15.6 Å². The highest BCUT2D eigenvalue weighted by molar-refractivity contribution is 6.00. The zero-order chi connectivity index (χ0) is 21.1. The predicted molar refractivity (Wildman–Crippen MR) is 111 cm³/mol. The predicted octanol–water partition coefficient (Wildman–Crippen LogP) is 2.36. The molecule has 4 rings (SSSR count). The number of anilines is 1. The lowest BCUT2D eigenvalue weighted by Gasteiger charge is -2.34. The first-order chi connectivity index (χ1) is 14.5. The van der Waals surface area contributed by atoms with Crippen LogP contribution in [0.15, 0.2) is 52.9 Å². The Morgan fingerprint density at radius 3 is 2.87 bits per heavy atom. The van der Waals surface area contributed by atoms with Gasteiger partial charge >= 0.3 is 0 Å². The Balaban J connectivity index is 1.57. The van der Waals surface area contributed by atoms with Crippen LogP contribution in [0, 0.1) is 0 Å². The van der Waals surface area contributed by atoms with Crippen LogP contribution >= 0.6 is 0 Å². The van der Waals surface area contributed by atoms with Crippen LogP contribution in [0.5, 0.6) is 0 Å². The van der Waals surface area contributed by atoms with Gasteiger partial charge in [0, 0.05) is 30.8 Å². The Kier molecular flexibility index (Phi) is 5.47. The largest absolute Gasteiger partial charge is 0.441 e. The summed E-state index contributed by atoms with van der Waals surface area (Å²) in [6.45, 7) is 2.51. The zero-order valence-corrected chi connectivity index (χ0v) is 16.6. The minimum Gasteiger partial charge on any atom is -0.441 e. The molecule has 1 aliphatic heterocycles. The smallest absolute Gasteiger partial charge is 0.254 e. The highest BCUT2D eigenvalue weighted by Crippen LogP contribution is 2.21. The normalized spacial score (nSPS) is 16.4. The molecule has 8 nitrogen and oxygen atoms in total. The van der Waals surface area contributed by atoms with Crippen LogP contribution in [-0.4, -0.2) is 46.7 Å². The summed E-state index contributed by atoms with van der Waals surface area (Å²) >= 11 is 0. The van der Waals surface area contributed by atoms with Gasteiger partial charge in [-0.15, -0.1) is 0 Å². The SMILES string of the molecule is CCC(=O)Nc1cccc(C(=O)N2CCNC(=O)[C@H]2Cc2nc3ccccc3o2)c1. The molecule has 0 aliphatic carbocycles. The van der Waals surface area contributed by atoms with Crippen molar-refractivity contribution in [3.8, 4) is 0 Å². The van der Waals surface area contributed by atoms with Crippen molar-refractivity contribution in [2.45, 2.75) is 25.8 Å². The van der Waals surface area contributed by atoms with Gasteiger partial charge in [0.25, 0.3) is 5.91 Å². The van der Waals surface area contributed by atoms with E-state index >= 15 is 0 Å². The Bertz CT molecular complexity index is 1070. The zero-order valence-electron chi connectivity index (χ0n) is 16.6. The van der Waals surface area contributed by atoms with E-state index in [0.29, 0.717) is 47.8 Å². The molecule has 0 bridgehead atoms. The molecular formula is C22H22N4O4. The summed E-state index contributed by atoms with van der Waals surface area (Å²) in [7, 11) is 0. The van der Waals surface area contributed by atoms with E-state index in [1.165, 1.54) is 4.90 Å². The van der Waals surface area contributed by atoms with E-state index in [1.807, 2.05) is 24.3 Å². The fourth-order valence-electron chi connectivity index (χ4n) is 3.48. The Morgan fingerprint density at radius 1 is 1.23 bits per heavy atom. The molecule has 154 valence electrons. The second-order valence-electron chi connectivity index (χ2n) is 7.07. The van der Waals surface area contributed by atoms with Crippen molar-refractivity contribution in [1.82, 2.24) is 15.2 Å². The molecular weight excluding hydrogens is 384 g/mol. The van der Waals surface area contributed by atoms with Crippen LogP contribution < -0.4 is 10.6 Å². The minimum atomic E-state index is -0.729. The molecule has 3 aromatic rings. The fraction of sp³-hybridized carbons (Fsp3) is 0.273. The molecule has 3 amide bonds. The first-order valence-electron chi connectivity index (χ1n) is 9.88. The number of para-hydroxylation sites is 2. The monoisotopic (exact) mass is 406 g/mol. The number of hydrogen-bond acceptors (Lipinski definition) is 5. The van der Waals surface area contributed by atoms with Gasteiger partial charge in [-0.05, 0) is 30.3 Å². The molecule has 2 heterocycles. The number of nitrogens with one attached hydrogen (secondary N) is 2. The number of amides is 3. The molecule has 2 N–H and O–H groups in total. The third kappa shape index (κ3) is 4.03. The number of nitrogens with zero attached hydrogens (tertiary/aromatic N) is 2. The fourth-order valence-corrected chi connectivity index (χ4v) is 3.48. The Labute approximate surface area is 173 Å². The van der Waals surface area contributed by atoms with E-state index < -0.39 is 6.04 Å². The lowest BCUT2D eigenvalue weighted by atomic mass is 10.1. The maximum absolute atomic E-state index is 13.2. The maximum atomic E-state index is 13.2. The molecule has 0 saturated carbocycles.